The van der Waals surface area contributed by atoms with E-state index in [1.807, 2.05) is 19.2 Å². The number of hydrogen-bond acceptors (Lipinski definition) is 2. The molecule has 0 heterocycles. The van der Waals surface area contributed by atoms with Crippen LogP contribution in [0.5, 0.6) is 0 Å². The summed E-state index contributed by atoms with van der Waals surface area (Å²) in [6.07, 6.45) is 0. The van der Waals surface area contributed by atoms with Crippen LogP contribution in [0.2, 0.25) is 0 Å². The number of aryl methyl sites for hydroxylation is 2. The summed E-state index contributed by atoms with van der Waals surface area (Å²) < 4.78 is 12.9. The van der Waals surface area contributed by atoms with Gasteiger partial charge < -0.3 is 10.6 Å². The predicted molar refractivity (Wildman–Crippen MR) is 85.6 cm³/mol. The van der Waals surface area contributed by atoms with Crippen LogP contribution in [0.25, 0.3) is 0 Å². The van der Waals surface area contributed by atoms with Crippen LogP contribution in [0.15, 0.2) is 42.5 Å². The first-order valence-electron chi connectivity index (χ1n) is 7.21. The molecule has 112 valence electrons. The highest BCUT2D eigenvalue weighted by molar-refractivity contribution is 5.32. The molecule has 0 aliphatic heterocycles. The van der Waals surface area contributed by atoms with Crippen molar-refractivity contribution in [2.75, 3.05) is 13.6 Å². The lowest BCUT2D eigenvalue weighted by molar-refractivity contribution is 0.305. The molecule has 0 aliphatic rings. The SMILES string of the molecule is Cc1ccc(C(N)CN(C)Cc2ccc(F)cc2)c(C)c1. The minimum Gasteiger partial charge on any atom is -0.323 e. The highest BCUT2D eigenvalue weighted by Gasteiger charge is 2.12. The monoisotopic (exact) mass is 286 g/mol. The summed E-state index contributed by atoms with van der Waals surface area (Å²) in [5, 5.41) is 0. The summed E-state index contributed by atoms with van der Waals surface area (Å²) in [6.45, 7) is 5.71. The van der Waals surface area contributed by atoms with Gasteiger partial charge in [0.05, 0.1) is 0 Å². The predicted octanol–water partition coefficient (Wildman–Crippen LogP) is 3.57. The molecule has 0 radical (unpaired) electrons. The Balaban J connectivity index is 1.98. The molecule has 2 aromatic rings. The summed E-state index contributed by atoms with van der Waals surface area (Å²) in [4.78, 5) is 2.16. The molecule has 0 spiro atoms. The Bertz CT molecular complexity index is 593. The van der Waals surface area contributed by atoms with Gasteiger partial charge in [0.2, 0.25) is 0 Å². The molecule has 0 saturated carbocycles. The molecule has 21 heavy (non-hydrogen) atoms. The molecule has 2 nitrogen and oxygen atoms in total. The first-order valence-corrected chi connectivity index (χ1v) is 7.21. The molecule has 0 aromatic heterocycles. The average Bonchev–Trinajstić information content (AvgIpc) is 2.41. The van der Waals surface area contributed by atoms with Crippen LogP contribution in [-0.4, -0.2) is 18.5 Å². The standard InChI is InChI=1S/C18H23FN2/c1-13-4-9-17(14(2)10-13)18(20)12-21(3)11-15-5-7-16(19)8-6-15/h4-10,18H,11-12,20H2,1-3H3. The van der Waals surface area contributed by atoms with Gasteiger partial charge in [0, 0.05) is 19.1 Å². The number of nitrogens with zero attached hydrogens (tertiary/aromatic N) is 1. The van der Waals surface area contributed by atoms with E-state index in [0.29, 0.717) is 0 Å². The molecule has 2 aromatic carbocycles. The Morgan fingerprint density at radius 3 is 2.38 bits per heavy atom. The molecule has 3 heteroatoms. The molecule has 1 unspecified atom stereocenters. The Morgan fingerprint density at radius 1 is 1.10 bits per heavy atom. The third kappa shape index (κ3) is 4.38. The van der Waals surface area contributed by atoms with Crippen LogP contribution >= 0.6 is 0 Å². The minimum absolute atomic E-state index is 0.0175. The Morgan fingerprint density at radius 2 is 1.76 bits per heavy atom. The number of benzene rings is 2. The van der Waals surface area contributed by atoms with Gasteiger partial charge >= 0.3 is 0 Å². The van der Waals surface area contributed by atoms with E-state index in [-0.39, 0.29) is 11.9 Å². The first kappa shape index (κ1) is 15.7. The van der Waals surface area contributed by atoms with Crippen molar-refractivity contribution in [1.29, 1.82) is 0 Å². The van der Waals surface area contributed by atoms with E-state index in [0.717, 1.165) is 18.7 Å². The summed E-state index contributed by atoms with van der Waals surface area (Å²) in [7, 11) is 2.03. The number of nitrogens with two attached hydrogens (primary N) is 1. The van der Waals surface area contributed by atoms with Crippen molar-refractivity contribution in [2.24, 2.45) is 5.73 Å². The lowest BCUT2D eigenvalue weighted by Crippen LogP contribution is -2.29. The van der Waals surface area contributed by atoms with Gasteiger partial charge in [-0.1, -0.05) is 35.9 Å². The largest absolute Gasteiger partial charge is 0.323 e. The fourth-order valence-electron chi connectivity index (χ4n) is 2.64. The van der Waals surface area contributed by atoms with E-state index in [4.69, 9.17) is 5.73 Å². The molecule has 0 bridgehead atoms. The van der Waals surface area contributed by atoms with Gasteiger partial charge in [-0.25, -0.2) is 4.39 Å². The van der Waals surface area contributed by atoms with Gasteiger partial charge in [-0.15, -0.1) is 0 Å². The number of hydrogen-bond donors (Lipinski definition) is 1. The quantitative estimate of drug-likeness (QED) is 0.910. The fourth-order valence-corrected chi connectivity index (χ4v) is 2.64. The summed E-state index contributed by atoms with van der Waals surface area (Å²) in [5.74, 6) is -0.201. The van der Waals surface area contributed by atoms with Gasteiger partial charge in [-0.2, -0.15) is 0 Å². The van der Waals surface area contributed by atoms with Crippen LogP contribution in [0.3, 0.4) is 0 Å². The molecule has 2 rings (SSSR count). The first-order chi connectivity index (χ1) is 9.95. The molecular weight excluding hydrogens is 263 g/mol. The highest BCUT2D eigenvalue weighted by atomic mass is 19.1. The average molecular weight is 286 g/mol. The Hall–Kier alpha value is -1.71. The normalized spacial score (nSPS) is 12.7. The van der Waals surface area contributed by atoms with Crippen molar-refractivity contribution in [3.05, 3.63) is 70.5 Å². The smallest absolute Gasteiger partial charge is 0.123 e. The second-order valence-corrected chi connectivity index (χ2v) is 5.79. The third-order valence-electron chi connectivity index (χ3n) is 3.70. The van der Waals surface area contributed by atoms with E-state index in [1.54, 1.807) is 0 Å². The lowest BCUT2D eigenvalue weighted by Gasteiger charge is -2.23. The molecule has 0 amide bonds. The topological polar surface area (TPSA) is 29.3 Å². The van der Waals surface area contributed by atoms with Gasteiger partial charge in [0.25, 0.3) is 0 Å². The van der Waals surface area contributed by atoms with Gasteiger partial charge in [0.1, 0.15) is 5.82 Å². The highest BCUT2D eigenvalue weighted by Crippen LogP contribution is 2.18. The van der Waals surface area contributed by atoms with Crippen molar-refractivity contribution in [2.45, 2.75) is 26.4 Å². The molecule has 1 atom stereocenters. The maximum Gasteiger partial charge on any atom is 0.123 e. The third-order valence-corrected chi connectivity index (χ3v) is 3.70. The van der Waals surface area contributed by atoms with E-state index in [9.17, 15) is 4.39 Å². The van der Waals surface area contributed by atoms with Crippen LogP contribution < -0.4 is 5.73 Å². The molecule has 0 fully saturated rings. The zero-order valence-corrected chi connectivity index (χ0v) is 12.9. The van der Waals surface area contributed by atoms with Crippen LogP contribution in [0, 0.1) is 19.7 Å². The van der Waals surface area contributed by atoms with E-state index >= 15 is 0 Å². The van der Waals surface area contributed by atoms with Crippen molar-refractivity contribution in [3.8, 4) is 0 Å². The van der Waals surface area contributed by atoms with Gasteiger partial charge in [-0.05, 0) is 49.7 Å². The number of likely N-dealkylation sites (N-methyl/N-ethyl adjacent to an activating group) is 1. The lowest BCUT2D eigenvalue weighted by atomic mass is 9.99. The number of rotatable bonds is 5. The van der Waals surface area contributed by atoms with Crippen molar-refractivity contribution < 1.29 is 4.39 Å². The maximum absolute atomic E-state index is 12.9. The summed E-state index contributed by atoms with van der Waals surface area (Å²) >= 11 is 0. The van der Waals surface area contributed by atoms with Crippen LogP contribution in [0.4, 0.5) is 4.39 Å². The number of halogens is 1. The minimum atomic E-state index is -0.201. The van der Waals surface area contributed by atoms with Crippen molar-refractivity contribution in [3.63, 3.8) is 0 Å². The fraction of sp³-hybridized carbons (Fsp3) is 0.333. The van der Waals surface area contributed by atoms with Crippen LogP contribution in [-0.2, 0) is 6.54 Å². The zero-order chi connectivity index (χ0) is 15.4. The summed E-state index contributed by atoms with van der Waals surface area (Å²) in [6, 6.07) is 13.0. The molecule has 0 aliphatic carbocycles. The second kappa shape index (κ2) is 6.83. The van der Waals surface area contributed by atoms with Gasteiger partial charge in [-0.3, -0.25) is 0 Å². The Kier molecular flexibility index (Phi) is 5.10. The Labute approximate surface area is 126 Å². The molecule has 2 N–H and O–H groups in total. The molecule has 0 saturated heterocycles. The molecular formula is C18H23FN2. The van der Waals surface area contributed by atoms with Crippen LogP contribution in [0.1, 0.15) is 28.3 Å². The maximum atomic E-state index is 12.9. The van der Waals surface area contributed by atoms with Crippen molar-refractivity contribution >= 4 is 0 Å². The van der Waals surface area contributed by atoms with E-state index in [2.05, 4.69) is 36.9 Å². The zero-order valence-electron chi connectivity index (χ0n) is 12.9. The second-order valence-electron chi connectivity index (χ2n) is 5.79. The van der Waals surface area contributed by atoms with Crippen molar-refractivity contribution in [1.82, 2.24) is 4.90 Å². The van der Waals surface area contributed by atoms with E-state index in [1.165, 1.54) is 28.8 Å². The van der Waals surface area contributed by atoms with Gasteiger partial charge in [0.15, 0.2) is 0 Å². The van der Waals surface area contributed by atoms with E-state index < -0.39 is 0 Å². The summed E-state index contributed by atoms with van der Waals surface area (Å²) in [5.41, 5.74) is 11.1.